The Balaban J connectivity index is 1.47. The number of benzene rings is 2. The summed E-state index contributed by atoms with van der Waals surface area (Å²) >= 11 is 0. The van der Waals surface area contributed by atoms with Crippen LogP contribution in [0, 0.1) is 0 Å². The number of nitrogens with one attached hydrogen (secondary N) is 2. The van der Waals surface area contributed by atoms with Gasteiger partial charge in [-0.3, -0.25) is 14.5 Å². The van der Waals surface area contributed by atoms with E-state index in [-0.39, 0.29) is 11.5 Å². The molecule has 1 aliphatic rings. The molecule has 2 aromatic heterocycles. The summed E-state index contributed by atoms with van der Waals surface area (Å²) in [5.41, 5.74) is 9.36. The normalized spacial score (nSPS) is 15.2. The summed E-state index contributed by atoms with van der Waals surface area (Å²) in [7, 11) is 0. The molecule has 4 aromatic rings. The van der Waals surface area contributed by atoms with Crippen molar-refractivity contribution < 1.29 is 4.79 Å². The summed E-state index contributed by atoms with van der Waals surface area (Å²) in [6.45, 7) is 7.54. The van der Waals surface area contributed by atoms with Crippen LogP contribution < -0.4 is 11.3 Å². The lowest BCUT2D eigenvalue weighted by molar-refractivity contribution is 0.0595. The molecule has 0 atom stereocenters. The molecule has 1 amide bonds. The molecular formula is C24H26N6O2. The highest BCUT2D eigenvalue weighted by Gasteiger charge is 2.24. The molecule has 2 aromatic carbocycles. The molecule has 0 saturated carbocycles. The minimum atomic E-state index is -0.306. The number of hydrogen-bond acceptors (Lipinski definition) is 5. The third-order valence-corrected chi connectivity index (χ3v) is 6.26. The number of nitrogens with zero attached hydrogens (tertiary/aromatic N) is 3. The maximum Gasteiger partial charge on any atom is 0.261 e. The Hall–Kier alpha value is -3.65. The summed E-state index contributed by atoms with van der Waals surface area (Å²) in [5, 5.41) is 0.763. The van der Waals surface area contributed by atoms with Gasteiger partial charge in [0.2, 0.25) is 0 Å². The number of anilines is 1. The fourth-order valence-corrected chi connectivity index (χ4v) is 4.39. The molecule has 0 aliphatic carbocycles. The second-order valence-electron chi connectivity index (χ2n) is 8.53. The van der Waals surface area contributed by atoms with E-state index in [2.05, 4.69) is 33.7 Å². The topological polar surface area (TPSA) is 111 Å². The number of amides is 1. The molecule has 164 valence electrons. The number of nitrogens with two attached hydrogens (primary N) is 1. The molecule has 3 heterocycles. The number of fused-ring (bicyclic) bond motifs is 2. The lowest BCUT2D eigenvalue weighted by atomic mass is 10.1. The predicted molar refractivity (Wildman–Crippen MR) is 127 cm³/mol. The highest BCUT2D eigenvalue weighted by Crippen LogP contribution is 2.28. The molecule has 8 heteroatoms. The molecule has 0 bridgehead atoms. The summed E-state index contributed by atoms with van der Waals surface area (Å²) in [4.78, 5) is 40.7. The number of pyridine rings is 1. The van der Waals surface area contributed by atoms with Crippen molar-refractivity contribution >= 4 is 33.5 Å². The van der Waals surface area contributed by atoms with E-state index in [1.54, 1.807) is 18.2 Å². The quantitative estimate of drug-likeness (QED) is 0.463. The van der Waals surface area contributed by atoms with E-state index >= 15 is 0 Å². The molecule has 8 nitrogen and oxygen atoms in total. The van der Waals surface area contributed by atoms with Gasteiger partial charge < -0.3 is 20.6 Å². The third kappa shape index (κ3) is 3.42. The number of carbonyl (C=O) groups excluding carboxylic acids is 1. The number of aromatic amines is 2. The van der Waals surface area contributed by atoms with E-state index in [0.717, 1.165) is 18.5 Å². The van der Waals surface area contributed by atoms with Crippen molar-refractivity contribution in [3.63, 3.8) is 0 Å². The van der Waals surface area contributed by atoms with Gasteiger partial charge in [-0.25, -0.2) is 4.98 Å². The molecule has 1 aliphatic heterocycles. The van der Waals surface area contributed by atoms with Crippen LogP contribution in [0.25, 0.3) is 33.3 Å². The zero-order valence-corrected chi connectivity index (χ0v) is 18.2. The molecule has 1 fully saturated rings. The maximum atomic E-state index is 13.0. The summed E-state index contributed by atoms with van der Waals surface area (Å²) < 4.78 is 0. The van der Waals surface area contributed by atoms with Gasteiger partial charge >= 0.3 is 0 Å². The van der Waals surface area contributed by atoms with E-state index in [4.69, 9.17) is 5.73 Å². The number of piperazine rings is 1. The lowest BCUT2D eigenvalue weighted by Gasteiger charge is -2.36. The van der Waals surface area contributed by atoms with Gasteiger partial charge in [0.15, 0.2) is 0 Å². The number of imidazole rings is 1. The minimum absolute atomic E-state index is 0.00882. The summed E-state index contributed by atoms with van der Waals surface area (Å²) in [6, 6.07) is 13.3. The first-order valence-corrected chi connectivity index (χ1v) is 10.9. The smallest absolute Gasteiger partial charge is 0.261 e. The van der Waals surface area contributed by atoms with Gasteiger partial charge in [0.25, 0.3) is 11.5 Å². The van der Waals surface area contributed by atoms with Crippen LogP contribution in [0.15, 0.2) is 47.3 Å². The van der Waals surface area contributed by atoms with E-state index in [0.29, 0.717) is 58.3 Å². The van der Waals surface area contributed by atoms with Gasteiger partial charge in [-0.2, -0.15) is 0 Å². The van der Waals surface area contributed by atoms with E-state index in [1.165, 1.54) is 0 Å². The number of carbonyl (C=O) groups is 1. The van der Waals surface area contributed by atoms with Crippen LogP contribution in [-0.4, -0.2) is 62.9 Å². The standard InChI is InChI=1S/C24H26N6O2/c1-14(2)29-9-11-30(12-10-29)24(32)15-7-8-18-19(13-15)27-22(26-18)20-21(25)16-5-3-4-6-17(16)28-23(20)31/h3-8,13-14H,9-12H2,1-2H3,(H,26,27)(H3,25,28,31). The van der Waals surface area contributed by atoms with Crippen molar-refractivity contribution in [1.29, 1.82) is 0 Å². The highest BCUT2D eigenvalue weighted by atomic mass is 16.2. The zero-order chi connectivity index (χ0) is 22.4. The zero-order valence-electron chi connectivity index (χ0n) is 18.2. The Labute approximate surface area is 185 Å². The Morgan fingerprint density at radius 3 is 2.53 bits per heavy atom. The van der Waals surface area contributed by atoms with Crippen LogP contribution in [0.3, 0.4) is 0 Å². The van der Waals surface area contributed by atoms with Crippen molar-refractivity contribution in [2.75, 3.05) is 31.9 Å². The van der Waals surface area contributed by atoms with Crippen LogP contribution in [0.1, 0.15) is 24.2 Å². The van der Waals surface area contributed by atoms with Crippen LogP contribution in [-0.2, 0) is 0 Å². The first-order chi connectivity index (χ1) is 15.4. The molecule has 0 radical (unpaired) electrons. The second kappa shape index (κ2) is 7.80. The van der Waals surface area contributed by atoms with Gasteiger partial charge in [0, 0.05) is 43.2 Å². The molecule has 0 unspecified atom stereocenters. The fourth-order valence-electron chi connectivity index (χ4n) is 4.39. The number of para-hydroxylation sites is 1. The van der Waals surface area contributed by atoms with Crippen molar-refractivity contribution in [2.24, 2.45) is 0 Å². The molecule has 0 spiro atoms. The Bertz CT molecular complexity index is 1380. The second-order valence-corrected chi connectivity index (χ2v) is 8.53. The van der Waals surface area contributed by atoms with E-state index in [9.17, 15) is 9.59 Å². The van der Waals surface area contributed by atoms with Gasteiger partial charge in [0.1, 0.15) is 11.4 Å². The van der Waals surface area contributed by atoms with Gasteiger partial charge in [-0.05, 0) is 38.1 Å². The number of hydrogen-bond donors (Lipinski definition) is 3. The Morgan fingerprint density at radius 1 is 1.03 bits per heavy atom. The van der Waals surface area contributed by atoms with E-state index in [1.807, 2.05) is 29.2 Å². The van der Waals surface area contributed by atoms with Crippen LogP contribution in [0.5, 0.6) is 0 Å². The number of rotatable bonds is 3. The third-order valence-electron chi connectivity index (χ3n) is 6.26. The predicted octanol–water partition coefficient (Wildman–Crippen LogP) is 2.82. The van der Waals surface area contributed by atoms with Crippen LogP contribution in [0.4, 0.5) is 5.69 Å². The van der Waals surface area contributed by atoms with E-state index < -0.39 is 0 Å². The first-order valence-electron chi connectivity index (χ1n) is 10.9. The first kappa shape index (κ1) is 20.3. The number of aromatic nitrogens is 3. The Morgan fingerprint density at radius 2 is 1.78 bits per heavy atom. The average molecular weight is 431 g/mol. The maximum absolute atomic E-state index is 13.0. The van der Waals surface area contributed by atoms with Crippen LogP contribution >= 0.6 is 0 Å². The minimum Gasteiger partial charge on any atom is -0.397 e. The SMILES string of the molecule is CC(C)N1CCN(C(=O)c2ccc3nc(-c4c(N)c5ccccc5[nH]c4=O)[nH]c3c2)CC1. The molecule has 5 rings (SSSR count). The monoisotopic (exact) mass is 430 g/mol. The fraction of sp³-hybridized carbons (Fsp3) is 0.292. The van der Waals surface area contributed by atoms with Gasteiger partial charge in [-0.15, -0.1) is 0 Å². The van der Waals surface area contributed by atoms with Gasteiger partial charge in [0.05, 0.1) is 22.2 Å². The summed E-state index contributed by atoms with van der Waals surface area (Å²) in [6.07, 6.45) is 0. The lowest BCUT2D eigenvalue weighted by Crippen LogP contribution is -2.50. The van der Waals surface area contributed by atoms with Crippen molar-refractivity contribution in [3.8, 4) is 11.4 Å². The van der Waals surface area contributed by atoms with Crippen molar-refractivity contribution in [3.05, 3.63) is 58.4 Å². The summed E-state index contributed by atoms with van der Waals surface area (Å²) in [5.74, 6) is 0.397. The number of nitrogen functional groups attached to an aromatic ring is 1. The number of H-pyrrole nitrogens is 2. The molecule has 1 saturated heterocycles. The van der Waals surface area contributed by atoms with Crippen molar-refractivity contribution in [2.45, 2.75) is 19.9 Å². The molecule has 4 N–H and O–H groups in total. The molecule has 32 heavy (non-hydrogen) atoms. The van der Waals surface area contributed by atoms with Crippen molar-refractivity contribution in [1.82, 2.24) is 24.8 Å². The van der Waals surface area contributed by atoms with Crippen LogP contribution in [0.2, 0.25) is 0 Å². The Kier molecular flexibility index (Phi) is 4.94. The highest BCUT2D eigenvalue weighted by molar-refractivity contribution is 5.99. The largest absolute Gasteiger partial charge is 0.397 e. The average Bonchev–Trinajstić information content (AvgIpc) is 3.21. The molecular weight excluding hydrogens is 404 g/mol. The van der Waals surface area contributed by atoms with Gasteiger partial charge in [-0.1, -0.05) is 18.2 Å².